The molecule has 2 aromatic carbocycles. The van der Waals surface area contributed by atoms with Crippen LogP contribution in [0.3, 0.4) is 0 Å². The van der Waals surface area contributed by atoms with Gasteiger partial charge < -0.3 is 19.3 Å². The first kappa shape index (κ1) is 20.4. The number of benzene rings is 2. The van der Waals surface area contributed by atoms with Gasteiger partial charge >= 0.3 is 5.97 Å². The largest absolute Gasteiger partial charge is 0.460 e. The van der Waals surface area contributed by atoms with Crippen molar-refractivity contribution >= 4 is 5.97 Å². The van der Waals surface area contributed by atoms with E-state index >= 15 is 0 Å². The minimum atomic E-state index is -0.414. The molecule has 0 heterocycles. The van der Waals surface area contributed by atoms with Crippen molar-refractivity contribution in [3.63, 3.8) is 0 Å². The summed E-state index contributed by atoms with van der Waals surface area (Å²) < 4.78 is 15.1. The van der Waals surface area contributed by atoms with Crippen LogP contribution >= 0.6 is 0 Å². The van der Waals surface area contributed by atoms with Crippen LogP contribution in [0.2, 0.25) is 0 Å². The van der Waals surface area contributed by atoms with Crippen LogP contribution < -0.4 is 4.74 Å². The smallest absolute Gasteiger partial charge is 0.333 e. The lowest BCUT2D eigenvalue weighted by atomic mass is 10.3. The lowest BCUT2D eigenvalue weighted by Crippen LogP contribution is -2.12. The number of carbonyl (C=O) groups is 1. The van der Waals surface area contributed by atoms with Crippen molar-refractivity contribution < 1.29 is 24.1 Å². The SMILES string of the molecule is C=C(C)C(=O)OCCOCCO.c1ccc(Oc2ccccc2)cc1. The predicted molar refractivity (Wildman–Crippen MR) is 96.6 cm³/mol. The fourth-order valence-electron chi connectivity index (χ4n) is 1.60. The number of para-hydroxylation sites is 2. The Bertz CT molecular complexity index is 573. The molecule has 0 aromatic heterocycles. The summed E-state index contributed by atoms with van der Waals surface area (Å²) in [5, 5.41) is 8.32. The highest BCUT2D eigenvalue weighted by Crippen LogP contribution is 2.19. The van der Waals surface area contributed by atoms with Crippen LogP contribution in [0.4, 0.5) is 0 Å². The number of aliphatic hydroxyl groups is 1. The van der Waals surface area contributed by atoms with Gasteiger partial charge in [-0.3, -0.25) is 0 Å². The topological polar surface area (TPSA) is 65.0 Å². The second-order valence-corrected chi connectivity index (χ2v) is 4.98. The maximum absolute atomic E-state index is 10.7. The molecule has 0 saturated heterocycles. The van der Waals surface area contributed by atoms with Crippen molar-refractivity contribution in [2.75, 3.05) is 26.4 Å². The molecular weight excluding hydrogens is 320 g/mol. The lowest BCUT2D eigenvalue weighted by molar-refractivity contribution is -0.140. The molecule has 25 heavy (non-hydrogen) atoms. The molecule has 0 bridgehead atoms. The number of carbonyl (C=O) groups excluding carboxylic acids is 1. The highest BCUT2D eigenvalue weighted by molar-refractivity contribution is 5.86. The second-order valence-electron chi connectivity index (χ2n) is 4.98. The second kappa shape index (κ2) is 12.8. The highest BCUT2D eigenvalue weighted by Gasteiger charge is 2.01. The summed E-state index contributed by atoms with van der Waals surface area (Å²) in [7, 11) is 0. The van der Waals surface area contributed by atoms with Crippen molar-refractivity contribution in [2.45, 2.75) is 6.92 Å². The maximum Gasteiger partial charge on any atom is 0.333 e. The van der Waals surface area contributed by atoms with E-state index in [2.05, 4.69) is 6.58 Å². The molecule has 0 aliphatic heterocycles. The normalized spacial score (nSPS) is 9.52. The van der Waals surface area contributed by atoms with E-state index in [1.165, 1.54) is 0 Å². The Kier molecular flexibility index (Phi) is 10.4. The van der Waals surface area contributed by atoms with E-state index in [-0.39, 0.29) is 19.8 Å². The van der Waals surface area contributed by atoms with Gasteiger partial charge in [0.25, 0.3) is 0 Å². The lowest BCUT2D eigenvalue weighted by Gasteiger charge is -2.03. The van der Waals surface area contributed by atoms with Crippen molar-refractivity contribution in [1.29, 1.82) is 0 Å². The summed E-state index contributed by atoms with van der Waals surface area (Å²) >= 11 is 0. The summed E-state index contributed by atoms with van der Waals surface area (Å²) in [4.78, 5) is 10.7. The molecule has 5 heteroatoms. The molecule has 0 aliphatic carbocycles. The van der Waals surface area contributed by atoms with Crippen LogP contribution in [0.25, 0.3) is 0 Å². The van der Waals surface area contributed by atoms with E-state index in [1.807, 2.05) is 60.7 Å². The number of hydrogen-bond donors (Lipinski definition) is 1. The number of esters is 1. The van der Waals surface area contributed by atoms with Crippen LogP contribution in [0, 0.1) is 0 Å². The van der Waals surface area contributed by atoms with Crippen LogP contribution in [0.15, 0.2) is 72.8 Å². The van der Waals surface area contributed by atoms with Crippen molar-refractivity contribution in [2.24, 2.45) is 0 Å². The van der Waals surface area contributed by atoms with Crippen molar-refractivity contribution in [3.8, 4) is 11.5 Å². The first-order valence-corrected chi connectivity index (χ1v) is 7.92. The molecule has 0 unspecified atom stereocenters. The monoisotopic (exact) mass is 344 g/mol. The van der Waals surface area contributed by atoms with E-state index in [9.17, 15) is 4.79 Å². The zero-order valence-corrected chi connectivity index (χ0v) is 14.4. The van der Waals surface area contributed by atoms with E-state index < -0.39 is 5.97 Å². The van der Waals surface area contributed by atoms with Gasteiger partial charge in [0.15, 0.2) is 0 Å². The Morgan fingerprint density at radius 1 is 0.920 bits per heavy atom. The van der Waals surface area contributed by atoms with Gasteiger partial charge in [0.1, 0.15) is 18.1 Å². The summed E-state index contributed by atoms with van der Waals surface area (Å²) in [6.45, 7) is 5.75. The minimum absolute atomic E-state index is 0.0194. The summed E-state index contributed by atoms with van der Waals surface area (Å²) in [5.74, 6) is 1.32. The van der Waals surface area contributed by atoms with Gasteiger partial charge in [0, 0.05) is 5.57 Å². The molecule has 0 aliphatic rings. The van der Waals surface area contributed by atoms with Crippen LogP contribution in [0.5, 0.6) is 11.5 Å². The predicted octanol–water partition coefficient (Wildman–Crippen LogP) is 3.59. The summed E-state index contributed by atoms with van der Waals surface area (Å²) in [5.41, 5.74) is 0.372. The first-order valence-electron chi connectivity index (χ1n) is 7.92. The Hall–Kier alpha value is -2.63. The van der Waals surface area contributed by atoms with Gasteiger partial charge in [-0.2, -0.15) is 0 Å². The Balaban J connectivity index is 0.000000252. The third kappa shape index (κ3) is 9.96. The van der Waals surface area contributed by atoms with E-state index in [4.69, 9.17) is 19.3 Å². The van der Waals surface area contributed by atoms with E-state index in [0.29, 0.717) is 12.2 Å². The van der Waals surface area contributed by atoms with Gasteiger partial charge in [-0.05, 0) is 31.2 Å². The van der Waals surface area contributed by atoms with Gasteiger partial charge in [-0.15, -0.1) is 0 Å². The quantitative estimate of drug-likeness (QED) is 0.450. The Morgan fingerprint density at radius 3 is 1.88 bits per heavy atom. The Morgan fingerprint density at radius 2 is 1.44 bits per heavy atom. The van der Waals surface area contributed by atoms with Crippen LogP contribution in [0.1, 0.15) is 6.92 Å². The maximum atomic E-state index is 10.7. The molecule has 5 nitrogen and oxygen atoms in total. The fraction of sp³-hybridized carbons (Fsp3) is 0.250. The average molecular weight is 344 g/mol. The zero-order valence-electron chi connectivity index (χ0n) is 14.4. The standard InChI is InChI=1S/C12H10O.C8H14O4/c1-3-7-11(8-4-1)13-12-9-5-2-6-10-12;1-7(2)8(10)12-6-5-11-4-3-9/h1-10H;9H,1,3-6H2,2H3. The molecule has 134 valence electrons. The van der Waals surface area contributed by atoms with Gasteiger partial charge in [-0.25, -0.2) is 4.79 Å². The van der Waals surface area contributed by atoms with Crippen LogP contribution in [-0.2, 0) is 14.3 Å². The Labute approximate surface area is 148 Å². The van der Waals surface area contributed by atoms with Crippen molar-refractivity contribution in [1.82, 2.24) is 0 Å². The average Bonchev–Trinajstić information content (AvgIpc) is 2.63. The summed E-state index contributed by atoms with van der Waals surface area (Å²) in [6.07, 6.45) is 0. The highest BCUT2D eigenvalue weighted by atomic mass is 16.6. The van der Waals surface area contributed by atoms with Gasteiger partial charge in [-0.1, -0.05) is 43.0 Å². The molecule has 0 spiro atoms. The summed E-state index contributed by atoms with van der Waals surface area (Å²) in [6, 6.07) is 19.5. The number of aliphatic hydroxyl groups excluding tert-OH is 1. The molecule has 0 amide bonds. The molecule has 2 rings (SSSR count). The molecule has 0 atom stereocenters. The molecule has 0 saturated carbocycles. The van der Waals surface area contributed by atoms with E-state index in [0.717, 1.165) is 11.5 Å². The van der Waals surface area contributed by atoms with Crippen LogP contribution in [-0.4, -0.2) is 37.5 Å². The molecule has 1 N–H and O–H groups in total. The number of ether oxygens (including phenoxy) is 3. The zero-order chi connectivity index (χ0) is 18.3. The molecule has 0 radical (unpaired) electrons. The first-order chi connectivity index (χ1) is 12.1. The van der Waals surface area contributed by atoms with E-state index in [1.54, 1.807) is 6.92 Å². The third-order valence-corrected chi connectivity index (χ3v) is 2.77. The van der Waals surface area contributed by atoms with Gasteiger partial charge in [0.05, 0.1) is 19.8 Å². The molecular formula is C20H24O5. The number of hydrogen-bond acceptors (Lipinski definition) is 5. The number of rotatable bonds is 8. The molecule has 2 aromatic rings. The minimum Gasteiger partial charge on any atom is -0.460 e. The molecule has 0 fully saturated rings. The fourth-order valence-corrected chi connectivity index (χ4v) is 1.60. The van der Waals surface area contributed by atoms with Crippen molar-refractivity contribution in [3.05, 3.63) is 72.8 Å². The third-order valence-electron chi connectivity index (χ3n) is 2.77. The van der Waals surface area contributed by atoms with Gasteiger partial charge in [0.2, 0.25) is 0 Å².